The largest absolute Gasteiger partial charge is 0.369 e. The number of aromatic nitrogens is 2. The van der Waals surface area contributed by atoms with Gasteiger partial charge in [0.05, 0.1) is 5.54 Å². The van der Waals surface area contributed by atoms with E-state index in [2.05, 4.69) is 47.9 Å². The third-order valence-corrected chi connectivity index (χ3v) is 4.78. The molecule has 1 heterocycles. The zero-order chi connectivity index (χ0) is 16.4. The van der Waals surface area contributed by atoms with Crippen LogP contribution in [0.2, 0.25) is 0 Å². The minimum absolute atomic E-state index is 0. The molecule has 1 aliphatic rings. The number of rotatable bonds is 5. The molecule has 0 unspecified atom stereocenters. The molecule has 6 heteroatoms. The molecule has 3 rings (SSSR count). The van der Waals surface area contributed by atoms with Crippen LogP contribution in [0.4, 0.5) is 5.69 Å². The van der Waals surface area contributed by atoms with Crippen molar-refractivity contribution in [1.29, 1.82) is 0 Å². The molecule has 0 saturated heterocycles. The molecule has 5 nitrogen and oxygen atoms in total. The quantitative estimate of drug-likeness (QED) is 0.878. The zero-order valence-corrected chi connectivity index (χ0v) is 15.5. The van der Waals surface area contributed by atoms with E-state index >= 15 is 0 Å². The van der Waals surface area contributed by atoms with Crippen molar-refractivity contribution in [2.45, 2.75) is 58.0 Å². The molecule has 0 atom stereocenters. The third kappa shape index (κ3) is 3.57. The fourth-order valence-corrected chi connectivity index (χ4v) is 3.41. The van der Waals surface area contributed by atoms with E-state index in [0.717, 1.165) is 37.8 Å². The number of nitrogens with two attached hydrogens (primary N) is 1. The molecule has 0 bridgehead atoms. The molecule has 0 aliphatic heterocycles. The van der Waals surface area contributed by atoms with Crippen LogP contribution in [-0.4, -0.2) is 22.7 Å². The predicted molar refractivity (Wildman–Crippen MR) is 99.5 cm³/mol. The van der Waals surface area contributed by atoms with Crippen LogP contribution >= 0.6 is 12.4 Å². The summed E-state index contributed by atoms with van der Waals surface area (Å²) in [6.07, 6.45) is 4.14. The van der Waals surface area contributed by atoms with Gasteiger partial charge >= 0.3 is 0 Å². The molecule has 1 fully saturated rings. The van der Waals surface area contributed by atoms with Crippen molar-refractivity contribution in [3.05, 3.63) is 30.1 Å². The van der Waals surface area contributed by atoms with Gasteiger partial charge in [0.25, 0.3) is 5.89 Å². The zero-order valence-electron chi connectivity index (χ0n) is 14.7. The van der Waals surface area contributed by atoms with Crippen molar-refractivity contribution in [3.63, 3.8) is 0 Å². The second kappa shape index (κ2) is 7.53. The number of benzene rings is 1. The van der Waals surface area contributed by atoms with Gasteiger partial charge in [-0.3, -0.25) is 0 Å². The van der Waals surface area contributed by atoms with Gasteiger partial charge in [-0.05, 0) is 57.9 Å². The number of hydrogen-bond acceptors (Lipinski definition) is 5. The van der Waals surface area contributed by atoms with Crippen molar-refractivity contribution in [1.82, 2.24) is 10.1 Å². The van der Waals surface area contributed by atoms with Crippen molar-refractivity contribution < 1.29 is 4.52 Å². The van der Waals surface area contributed by atoms with Gasteiger partial charge < -0.3 is 15.2 Å². The Morgan fingerprint density at radius 3 is 2.38 bits per heavy atom. The lowest BCUT2D eigenvalue weighted by Crippen LogP contribution is -2.34. The monoisotopic (exact) mass is 350 g/mol. The number of anilines is 1. The van der Waals surface area contributed by atoms with Gasteiger partial charge in [0, 0.05) is 23.8 Å². The van der Waals surface area contributed by atoms with Gasteiger partial charge in [-0.25, -0.2) is 0 Å². The van der Waals surface area contributed by atoms with Crippen molar-refractivity contribution in [3.8, 4) is 11.5 Å². The Bertz CT molecular complexity index is 647. The molecule has 1 aliphatic carbocycles. The van der Waals surface area contributed by atoms with Gasteiger partial charge in [-0.2, -0.15) is 4.98 Å². The summed E-state index contributed by atoms with van der Waals surface area (Å²) in [5, 5.41) is 4.13. The van der Waals surface area contributed by atoms with Crippen LogP contribution in [0.1, 0.15) is 52.3 Å². The highest BCUT2D eigenvalue weighted by Gasteiger charge is 2.36. The van der Waals surface area contributed by atoms with Crippen LogP contribution in [0.25, 0.3) is 11.5 Å². The van der Waals surface area contributed by atoms with E-state index < -0.39 is 5.54 Å². The summed E-state index contributed by atoms with van der Waals surface area (Å²) in [7, 11) is 0. The Labute approximate surface area is 150 Å². The standard InChI is InChI=1S/C18H26N4O.ClH/c1-4-22(13(2)3)15-9-7-14(8-10-15)16-20-17(21-23-16)18(19)11-5-6-12-18;/h7-10,13H,4-6,11-12,19H2,1-3H3;1H. The Morgan fingerprint density at radius 1 is 1.21 bits per heavy atom. The molecule has 0 spiro atoms. The summed E-state index contributed by atoms with van der Waals surface area (Å²) in [6.45, 7) is 7.55. The van der Waals surface area contributed by atoms with Crippen LogP contribution < -0.4 is 10.6 Å². The highest BCUT2D eigenvalue weighted by atomic mass is 35.5. The van der Waals surface area contributed by atoms with Crippen LogP contribution in [0, 0.1) is 0 Å². The maximum absolute atomic E-state index is 6.40. The molecule has 2 aromatic rings. The molecule has 1 saturated carbocycles. The Hall–Kier alpha value is -1.59. The minimum Gasteiger partial charge on any atom is -0.369 e. The average Bonchev–Trinajstić information content (AvgIpc) is 3.18. The number of nitrogens with zero attached hydrogens (tertiary/aromatic N) is 3. The molecule has 0 amide bonds. The van der Waals surface area contributed by atoms with E-state index in [1.807, 2.05) is 12.1 Å². The predicted octanol–water partition coefficient (Wildman–Crippen LogP) is 4.12. The van der Waals surface area contributed by atoms with E-state index in [9.17, 15) is 0 Å². The fourth-order valence-electron chi connectivity index (χ4n) is 3.41. The smallest absolute Gasteiger partial charge is 0.257 e. The first-order chi connectivity index (χ1) is 11.0. The average molecular weight is 351 g/mol. The third-order valence-electron chi connectivity index (χ3n) is 4.78. The second-order valence-electron chi connectivity index (χ2n) is 6.71. The van der Waals surface area contributed by atoms with Gasteiger partial charge in [-0.15, -0.1) is 12.4 Å². The van der Waals surface area contributed by atoms with E-state index in [4.69, 9.17) is 10.3 Å². The lowest BCUT2D eigenvalue weighted by Gasteiger charge is -2.27. The first-order valence-corrected chi connectivity index (χ1v) is 8.53. The van der Waals surface area contributed by atoms with Crippen molar-refractivity contribution in [2.75, 3.05) is 11.4 Å². The lowest BCUT2D eigenvalue weighted by atomic mass is 9.99. The van der Waals surface area contributed by atoms with Crippen molar-refractivity contribution >= 4 is 18.1 Å². The number of hydrogen-bond donors (Lipinski definition) is 1. The first kappa shape index (κ1) is 18.7. The highest BCUT2D eigenvalue weighted by Crippen LogP contribution is 2.35. The minimum atomic E-state index is -0.404. The van der Waals surface area contributed by atoms with Crippen molar-refractivity contribution in [2.24, 2.45) is 5.73 Å². The van der Waals surface area contributed by atoms with E-state index in [-0.39, 0.29) is 12.4 Å². The second-order valence-corrected chi connectivity index (χ2v) is 6.71. The Balaban J connectivity index is 0.00000208. The normalized spacial score (nSPS) is 16.2. The molecule has 24 heavy (non-hydrogen) atoms. The van der Waals surface area contributed by atoms with Crippen LogP contribution in [0.15, 0.2) is 28.8 Å². The lowest BCUT2D eigenvalue weighted by molar-refractivity contribution is 0.372. The number of halogens is 1. The SMILES string of the molecule is CCN(c1ccc(-c2nc(C3(N)CCCC3)no2)cc1)C(C)C.Cl. The maximum atomic E-state index is 6.40. The first-order valence-electron chi connectivity index (χ1n) is 8.53. The maximum Gasteiger partial charge on any atom is 0.257 e. The summed E-state index contributed by atoms with van der Waals surface area (Å²) < 4.78 is 5.45. The van der Waals surface area contributed by atoms with Gasteiger partial charge in [0.15, 0.2) is 5.82 Å². The summed E-state index contributed by atoms with van der Waals surface area (Å²) in [5.74, 6) is 1.20. The van der Waals surface area contributed by atoms with Gasteiger partial charge in [0.1, 0.15) is 0 Å². The summed E-state index contributed by atoms with van der Waals surface area (Å²) in [5.41, 5.74) is 8.14. The molecule has 1 aromatic carbocycles. The van der Waals surface area contributed by atoms with E-state index in [0.29, 0.717) is 17.8 Å². The molecule has 2 N–H and O–H groups in total. The molecular weight excluding hydrogens is 324 g/mol. The van der Waals surface area contributed by atoms with Gasteiger partial charge in [-0.1, -0.05) is 18.0 Å². The molecule has 0 radical (unpaired) electrons. The molecular formula is C18H27ClN4O. The van der Waals surface area contributed by atoms with Gasteiger partial charge in [0.2, 0.25) is 0 Å². The summed E-state index contributed by atoms with van der Waals surface area (Å²) >= 11 is 0. The summed E-state index contributed by atoms with van der Waals surface area (Å²) in [4.78, 5) is 6.89. The van der Waals surface area contributed by atoms with Crippen LogP contribution in [-0.2, 0) is 5.54 Å². The molecule has 1 aromatic heterocycles. The van der Waals surface area contributed by atoms with E-state index in [1.165, 1.54) is 5.69 Å². The summed E-state index contributed by atoms with van der Waals surface area (Å²) in [6, 6.07) is 8.76. The fraction of sp³-hybridized carbons (Fsp3) is 0.556. The molecule has 132 valence electrons. The Kier molecular flexibility index (Phi) is 5.88. The highest BCUT2D eigenvalue weighted by molar-refractivity contribution is 5.85. The Morgan fingerprint density at radius 2 is 1.83 bits per heavy atom. The van der Waals surface area contributed by atoms with E-state index in [1.54, 1.807) is 0 Å². The topological polar surface area (TPSA) is 68.2 Å². The van der Waals surface area contributed by atoms with Crippen LogP contribution in [0.3, 0.4) is 0 Å². The van der Waals surface area contributed by atoms with Crippen LogP contribution in [0.5, 0.6) is 0 Å².